The highest BCUT2D eigenvalue weighted by molar-refractivity contribution is 7.90. The van der Waals surface area contributed by atoms with Crippen LogP contribution in [0.5, 0.6) is 0 Å². The Hall–Kier alpha value is -0.840. The van der Waals surface area contributed by atoms with Crippen LogP contribution >= 0.6 is 0 Å². The minimum atomic E-state index is -3.45. The van der Waals surface area contributed by atoms with Crippen molar-refractivity contribution < 1.29 is 13.2 Å². The first-order valence-corrected chi connectivity index (χ1v) is 8.56. The third-order valence-electron chi connectivity index (χ3n) is 5.94. The van der Waals surface area contributed by atoms with E-state index < -0.39 is 10.0 Å². The van der Waals surface area contributed by atoms with Crippen LogP contribution in [0.4, 0.5) is 0 Å². The zero-order valence-electron chi connectivity index (χ0n) is 11.7. The average Bonchev–Trinajstić information content (AvgIpc) is 2.75. The van der Waals surface area contributed by atoms with E-state index in [1.807, 2.05) is 0 Å². The zero-order chi connectivity index (χ0) is 14.1. The number of carbonyl (C=O) groups is 1. The van der Waals surface area contributed by atoms with Crippen LogP contribution in [-0.4, -0.2) is 30.4 Å². The average molecular weight is 283 g/mol. The third-order valence-corrected chi connectivity index (χ3v) is 7.85. The lowest BCUT2D eigenvalue weighted by Crippen LogP contribution is -2.43. The molecule has 0 aromatic heterocycles. The maximum Gasteiger partial charge on any atom is 0.259 e. The van der Waals surface area contributed by atoms with E-state index in [2.05, 4.69) is 13.8 Å². The standard InChI is InChI=1S/C14H21NO3S/c1-4-5-12(16)15-11-8-10-6-7-14(11,13(10,2)3)9-19(15,17)18/h4-5,10-11H,6-9H2,1-3H3/b5-4+/t10-,11-,14+/m0/s1. The van der Waals surface area contributed by atoms with E-state index in [1.165, 1.54) is 10.4 Å². The molecule has 19 heavy (non-hydrogen) atoms. The van der Waals surface area contributed by atoms with E-state index in [-0.39, 0.29) is 28.5 Å². The summed E-state index contributed by atoms with van der Waals surface area (Å²) in [6, 6.07) is -0.116. The molecule has 0 aromatic carbocycles. The van der Waals surface area contributed by atoms with Crippen molar-refractivity contribution in [2.24, 2.45) is 16.7 Å². The maximum atomic E-state index is 12.4. The van der Waals surface area contributed by atoms with Gasteiger partial charge in [-0.1, -0.05) is 19.9 Å². The molecule has 1 saturated heterocycles. The lowest BCUT2D eigenvalue weighted by atomic mass is 9.69. The number of allylic oxidation sites excluding steroid dienone is 1. The van der Waals surface area contributed by atoms with Crippen LogP contribution in [0.25, 0.3) is 0 Å². The van der Waals surface area contributed by atoms with Crippen molar-refractivity contribution in [2.75, 3.05) is 5.75 Å². The van der Waals surface area contributed by atoms with Crippen molar-refractivity contribution in [2.45, 2.75) is 46.1 Å². The highest BCUT2D eigenvalue weighted by Gasteiger charge is 2.72. The van der Waals surface area contributed by atoms with Crippen molar-refractivity contribution in [1.82, 2.24) is 4.31 Å². The van der Waals surface area contributed by atoms with Gasteiger partial charge in [-0.25, -0.2) is 12.7 Å². The number of hydrogen-bond acceptors (Lipinski definition) is 3. The highest BCUT2D eigenvalue weighted by Crippen LogP contribution is 2.69. The van der Waals surface area contributed by atoms with Gasteiger partial charge >= 0.3 is 0 Å². The zero-order valence-corrected chi connectivity index (χ0v) is 12.5. The molecule has 0 radical (unpaired) electrons. The molecule has 2 bridgehead atoms. The topological polar surface area (TPSA) is 54.5 Å². The molecule has 4 nitrogen and oxygen atoms in total. The van der Waals surface area contributed by atoms with Crippen LogP contribution in [0.1, 0.15) is 40.0 Å². The van der Waals surface area contributed by atoms with Crippen LogP contribution in [-0.2, 0) is 14.8 Å². The van der Waals surface area contributed by atoms with Crippen molar-refractivity contribution >= 4 is 15.9 Å². The fraction of sp³-hybridized carbons (Fsp3) is 0.786. The molecule has 1 spiro atoms. The molecule has 2 aliphatic carbocycles. The number of fused-ring (bicyclic) bond motifs is 1. The van der Waals surface area contributed by atoms with E-state index in [0.717, 1.165) is 19.3 Å². The largest absolute Gasteiger partial charge is 0.269 e. The quantitative estimate of drug-likeness (QED) is 0.691. The summed E-state index contributed by atoms with van der Waals surface area (Å²) >= 11 is 0. The Balaban J connectivity index is 2.09. The van der Waals surface area contributed by atoms with E-state index in [1.54, 1.807) is 13.0 Å². The minimum Gasteiger partial charge on any atom is -0.269 e. The van der Waals surface area contributed by atoms with Gasteiger partial charge in [0.25, 0.3) is 5.91 Å². The smallest absolute Gasteiger partial charge is 0.259 e. The van der Waals surface area contributed by atoms with Gasteiger partial charge in [-0.05, 0) is 43.6 Å². The first-order chi connectivity index (χ1) is 8.76. The summed E-state index contributed by atoms with van der Waals surface area (Å²) in [6.07, 6.45) is 5.87. The van der Waals surface area contributed by atoms with Gasteiger partial charge in [-0.15, -0.1) is 0 Å². The van der Waals surface area contributed by atoms with E-state index >= 15 is 0 Å². The molecule has 5 heteroatoms. The van der Waals surface area contributed by atoms with Gasteiger partial charge in [0, 0.05) is 5.41 Å². The summed E-state index contributed by atoms with van der Waals surface area (Å²) in [5.41, 5.74) is -0.191. The maximum absolute atomic E-state index is 12.4. The normalized spacial score (nSPS) is 41.9. The molecule has 3 atom stereocenters. The summed E-state index contributed by atoms with van der Waals surface area (Å²) in [7, 11) is -3.45. The summed E-state index contributed by atoms with van der Waals surface area (Å²) < 4.78 is 26.1. The van der Waals surface area contributed by atoms with Crippen LogP contribution in [0, 0.1) is 16.7 Å². The summed E-state index contributed by atoms with van der Waals surface area (Å²) in [5, 5.41) is 0. The Kier molecular flexibility index (Phi) is 2.51. The second-order valence-electron chi connectivity index (χ2n) is 6.76. The van der Waals surface area contributed by atoms with Crippen molar-refractivity contribution in [3.63, 3.8) is 0 Å². The first kappa shape index (κ1) is 13.2. The van der Waals surface area contributed by atoms with Crippen molar-refractivity contribution in [3.8, 4) is 0 Å². The molecular formula is C14H21NO3S. The van der Waals surface area contributed by atoms with Crippen molar-refractivity contribution in [3.05, 3.63) is 12.2 Å². The molecule has 0 N–H and O–H groups in total. The Bertz CT molecular complexity index is 563. The third kappa shape index (κ3) is 1.40. The van der Waals surface area contributed by atoms with Crippen LogP contribution in [0.2, 0.25) is 0 Å². The van der Waals surface area contributed by atoms with Gasteiger partial charge < -0.3 is 0 Å². The van der Waals surface area contributed by atoms with E-state index in [4.69, 9.17) is 0 Å². The van der Waals surface area contributed by atoms with Gasteiger partial charge in [0.1, 0.15) is 0 Å². The summed E-state index contributed by atoms with van der Waals surface area (Å²) in [5.74, 6) is 0.332. The van der Waals surface area contributed by atoms with Gasteiger partial charge in [-0.2, -0.15) is 0 Å². The summed E-state index contributed by atoms with van der Waals surface area (Å²) in [6.45, 7) is 6.11. The SMILES string of the molecule is C/C=C/C(=O)N1[C@H]2C[C@@H]3CC[C@]2(CS1(=O)=O)C3(C)C. The van der Waals surface area contributed by atoms with E-state index in [0.29, 0.717) is 5.92 Å². The van der Waals surface area contributed by atoms with Gasteiger partial charge in [0.2, 0.25) is 10.0 Å². The molecular weight excluding hydrogens is 262 g/mol. The lowest BCUT2D eigenvalue weighted by molar-refractivity contribution is -0.124. The fourth-order valence-electron chi connectivity index (χ4n) is 4.80. The molecule has 2 saturated carbocycles. The molecule has 0 aromatic rings. The van der Waals surface area contributed by atoms with Crippen LogP contribution in [0.3, 0.4) is 0 Å². The molecule has 1 heterocycles. The molecule has 3 rings (SSSR count). The fourth-order valence-corrected chi connectivity index (χ4v) is 7.30. The van der Waals surface area contributed by atoms with E-state index in [9.17, 15) is 13.2 Å². The number of carbonyl (C=O) groups excluding carboxylic acids is 1. The highest BCUT2D eigenvalue weighted by atomic mass is 32.2. The predicted octanol–water partition coefficient (Wildman–Crippen LogP) is 1.93. The summed E-state index contributed by atoms with van der Waals surface area (Å²) in [4.78, 5) is 12.1. The predicted molar refractivity (Wildman–Crippen MR) is 72.8 cm³/mol. The number of rotatable bonds is 1. The molecule has 1 amide bonds. The number of sulfonamides is 1. The molecule has 3 fully saturated rings. The number of nitrogens with zero attached hydrogens (tertiary/aromatic N) is 1. The second-order valence-corrected chi connectivity index (χ2v) is 8.60. The Morgan fingerprint density at radius 2 is 2.05 bits per heavy atom. The van der Waals surface area contributed by atoms with Crippen LogP contribution in [0.15, 0.2) is 12.2 Å². The number of hydrogen-bond donors (Lipinski definition) is 0. The van der Waals surface area contributed by atoms with Gasteiger partial charge in [0.05, 0.1) is 11.8 Å². The Labute approximate surface area is 114 Å². The second kappa shape index (κ2) is 3.62. The first-order valence-electron chi connectivity index (χ1n) is 6.95. The molecule has 106 valence electrons. The molecule has 3 aliphatic rings. The van der Waals surface area contributed by atoms with Crippen LogP contribution < -0.4 is 0 Å². The van der Waals surface area contributed by atoms with Gasteiger partial charge in [0.15, 0.2) is 0 Å². The molecule has 0 unspecified atom stereocenters. The Morgan fingerprint density at radius 3 is 2.63 bits per heavy atom. The number of amides is 1. The Morgan fingerprint density at radius 1 is 1.37 bits per heavy atom. The molecule has 1 aliphatic heterocycles. The van der Waals surface area contributed by atoms with Crippen molar-refractivity contribution in [1.29, 1.82) is 0 Å². The minimum absolute atomic E-state index is 0.0235. The lowest BCUT2D eigenvalue weighted by Gasteiger charge is -2.36. The monoisotopic (exact) mass is 283 g/mol. The van der Waals surface area contributed by atoms with Gasteiger partial charge in [-0.3, -0.25) is 4.79 Å².